The maximum absolute atomic E-state index is 9.79. The predicted molar refractivity (Wildman–Crippen MR) is 80.7 cm³/mol. The Morgan fingerprint density at radius 1 is 1.33 bits per heavy atom. The van der Waals surface area contributed by atoms with E-state index in [2.05, 4.69) is 21.7 Å². The van der Waals surface area contributed by atoms with Crippen LogP contribution in [0.1, 0.15) is 11.1 Å². The summed E-state index contributed by atoms with van der Waals surface area (Å²) in [6, 6.07) is 10.6. The molecule has 0 saturated heterocycles. The molecule has 6 nitrogen and oxygen atoms in total. The van der Waals surface area contributed by atoms with Crippen LogP contribution in [0.25, 0.3) is 0 Å². The summed E-state index contributed by atoms with van der Waals surface area (Å²) in [5.74, 6) is 0.993. The van der Waals surface area contributed by atoms with Crippen LogP contribution in [-0.4, -0.2) is 28.3 Å². The Labute approximate surface area is 122 Å². The van der Waals surface area contributed by atoms with E-state index in [1.54, 1.807) is 37.3 Å². The third-order valence-electron chi connectivity index (χ3n) is 2.90. The second-order valence-electron chi connectivity index (χ2n) is 4.45. The molecule has 0 atom stereocenters. The fourth-order valence-electron chi connectivity index (χ4n) is 1.89. The van der Waals surface area contributed by atoms with Crippen molar-refractivity contribution in [3.8, 4) is 11.8 Å². The topological polar surface area (TPSA) is 101 Å². The predicted octanol–water partition coefficient (Wildman–Crippen LogP) is 2.12. The van der Waals surface area contributed by atoms with Crippen LogP contribution in [-0.2, 0) is 0 Å². The first kappa shape index (κ1) is 14.6. The van der Waals surface area contributed by atoms with Crippen LogP contribution in [0.3, 0.4) is 0 Å². The Bertz CT molecular complexity index is 680. The Balaban J connectivity index is 2.39. The molecular formula is C15H16N4O2. The first-order valence-corrected chi connectivity index (χ1v) is 6.47. The number of nitriles is 1. The fraction of sp³-hybridized carbons (Fsp3) is 0.200. The Morgan fingerprint density at radius 2 is 2.10 bits per heavy atom. The van der Waals surface area contributed by atoms with Crippen molar-refractivity contribution >= 4 is 17.3 Å². The number of aliphatic hydroxyl groups excluding tert-OH is 1. The number of aromatic hydroxyl groups is 1. The number of aryl methyl sites for hydroxylation is 1. The van der Waals surface area contributed by atoms with Crippen molar-refractivity contribution in [1.82, 2.24) is 4.98 Å². The largest absolute Gasteiger partial charge is 0.506 e. The van der Waals surface area contributed by atoms with Crippen LogP contribution in [0.2, 0.25) is 0 Å². The Morgan fingerprint density at radius 3 is 2.76 bits per heavy atom. The summed E-state index contributed by atoms with van der Waals surface area (Å²) in [5, 5.41) is 33.8. The summed E-state index contributed by atoms with van der Waals surface area (Å²) < 4.78 is 0. The van der Waals surface area contributed by atoms with Gasteiger partial charge in [-0.15, -0.1) is 0 Å². The third-order valence-corrected chi connectivity index (χ3v) is 2.90. The zero-order valence-electron chi connectivity index (χ0n) is 11.6. The average molecular weight is 284 g/mol. The molecule has 4 N–H and O–H groups in total. The van der Waals surface area contributed by atoms with E-state index in [-0.39, 0.29) is 12.4 Å². The third kappa shape index (κ3) is 3.41. The molecule has 1 aromatic carbocycles. The molecule has 0 spiro atoms. The number of para-hydroxylation sites is 2. The van der Waals surface area contributed by atoms with Crippen molar-refractivity contribution in [3.63, 3.8) is 0 Å². The van der Waals surface area contributed by atoms with Crippen molar-refractivity contribution in [2.24, 2.45) is 0 Å². The van der Waals surface area contributed by atoms with Gasteiger partial charge < -0.3 is 20.8 Å². The maximum Gasteiger partial charge on any atom is 0.151 e. The van der Waals surface area contributed by atoms with Crippen LogP contribution in [0.4, 0.5) is 17.3 Å². The summed E-state index contributed by atoms with van der Waals surface area (Å²) in [5.41, 5.74) is 1.64. The molecule has 1 heterocycles. The van der Waals surface area contributed by atoms with E-state index in [0.29, 0.717) is 29.4 Å². The van der Waals surface area contributed by atoms with Gasteiger partial charge in [0.05, 0.1) is 17.9 Å². The van der Waals surface area contributed by atoms with Gasteiger partial charge in [0, 0.05) is 6.54 Å². The first-order chi connectivity index (χ1) is 10.2. The van der Waals surface area contributed by atoms with Crippen molar-refractivity contribution in [2.75, 3.05) is 23.8 Å². The average Bonchev–Trinajstić information content (AvgIpc) is 2.47. The van der Waals surface area contributed by atoms with Gasteiger partial charge in [0.25, 0.3) is 0 Å². The zero-order valence-corrected chi connectivity index (χ0v) is 11.6. The molecule has 2 aromatic rings. The number of aliphatic hydroxyl groups is 1. The number of rotatable bonds is 5. The molecule has 0 amide bonds. The first-order valence-electron chi connectivity index (χ1n) is 6.47. The number of benzene rings is 1. The van der Waals surface area contributed by atoms with Crippen molar-refractivity contribution in [1.29, 1.82) is 5.26 Å². The highest BCUT2D eigenvalue weighted by Gasteiger charge is 2.11. The SMILES string of the molecule is Cc1cc(NCCO)nc(Nc2ccccc2O)c1C#N. The minimum atomic E-state index is -0.0109. The molecule has 0 fully saturated rings. The highest BCUT2D eigenvalue weighted by molar-refractivity contribution is 5.70. The lowest BCUT2D eigenvalue weighted by Gasteiger charge is -2.13. The summed E-state index contributed by atoms with van der Waals surface area (Å²) in [6.07, 6.45) is 0. The molecule has 6 heteroatoms. The zero-order chi connectivity index (χ0) is 15.2. The van der Waals surface area contributed by atoms with E-state index in [4.69, 9.17) is 5.11 Å². The quantitative estimate of drug-likeness (QED) is 0.627. The van der Waals surface area contributed by atoms with Gasteiger partial charge in [-0.3, -0.25) is 0 Å². The smallest absolute Gasteiger partial charge is 0.151 e. The van der Waals surface area contributed by atoms with Gasteiger partial charge in [0.1, 0.15) is 17.6 Å². The molecule has 0 bridgehead atoms. The van der Waals surface area contributed by atoms with Crippen LogP contribution < -0.4 is 10.6 Å². The highest BCUT2D eigenvalue weighted by atomic mass is 16.3. The number of nitrogens with zero attached hydrogens (tertiary/aromatic N) is 2. The lowest BCUT2D eigenvalue weighted by atomic mass is 10.1. The van der Waals surface area contributed by atoms with Crippen LogP contribution in [0.5, 0.6) is 5.75 Å². The van der Waals surface area contributed by atoms with E-state index in [1.165, 1.54) is 0 Å². The number of hydrogen-bond donors (Lipinski definition) is 4. The van der Waals surface area contributed by atoms with Gasteiger partial charge in [0.2, 0.25) is 0 Å². The molecule has 1 aromatic heterocycles. The fourth-order valence-corrected chi connectivity index (χ4v) is 1.89. The Hall–Kier alpha value is -2.78. The molecule has 0 aliphatic carbocycles. The number of phenols is 1. The molecule has 0 unspecified atom stereocenters. The number of aromatic nitrogens is 1. The van der Waals surface area contributed by atoms with E-state index in [9.17, 15) is 10.4 Å². The van der Waals surface area contributed by atoms with Crippen LogP contribution in [0.15, 0.2) is 30.3 Å². The molecule has 0 radical (unpaired) electrons. The second-order valence-corrected chi connectivity index (χ2v) is 4.45. The minimum absolute atomic E-state index is 0.0109. The summed E-state index contributed by atoms with van der Waals surface area (Å²) in [4.78, 5) is 4.31. The van der Waals surface area contributed by atoms with E-state index < -0.39 is 0 Å². The standard InChI is InChI=1S/C15H16N4O2/c1-10-8-14(17-6-7-20)19-15(11(10)9-16)18-12-4-2-3-5-13(12)21/h2-5,8,20-21H,6-7H2,1H3,(H2,17,18,19). The van der Waals surface area contributed by atoms with Crippen LogP contribution in [0, 0.1) is 18.3 Å². The van der Waals surface area contributed by atoms with Gasteiger partial charge in [-0.05, 0) is 30.7 Å². The number of anilines is 3. The Kier molecular flexibility index (Phi) is 4.59. The molecule has 108 valence electrons. The van der Waals surface area contributed by atoms with Crippen molar-refractivity contribution in [2.45, 2.75) is 6.92 Å². The van der Waals surface area contributed by atoms with Gasteiger partial charge in [-0.1, -0.05) is 12.1 Å². The molecule has 0 aliphatic heterocycles. The lowest BCUT2D eigenvalue weighted by molar-refractivity contribution is 0.311. The van der Waals surface area contributed by atoms with Crippen molar-refractivity contribution < 1.29 is 10.2 Å². The van der Waals surface area contributed by atoms with Crippen LogP contribution >= 0.6 is 0 Å². The molecule has 2 rings (SSSR count). The number of hydrogen-bond acceptors (Lipinski definition) is 6. The normalized spacial score (nSPS) is 9.95. The maximum atomic E-state index is 9.79. The highest BCUT2D eigenvalue weighted by Crippen LogP contribution is 2.28. The van der Waals surface area contributed by atoms with Gasteiger partial charge in [-0.25, -0.2) is 4.98 Å². The van der Waals surface area contributed by atoms with E-state index in [0.717, 1.165) is 5.56 Å². The molecular weight excluding hydrogens is 268 g/mol. The molecule has 0 aliphatic rings. The number of pyridine rings is 1. The summed E-state index contributed by atoms with van der Waals surface area (Å²) in [7, 11) is 0. The monoisotopic (exact) mass is 284 g/mol. The summed E-state index contributed by atoms with van der Waals surface area (Å²) >= 11 is 0. The van der Waals surface area contributed by atoms with E-state index in [1.807, 2.05) is 0 Å². The van der Waals surface area contributed by atoms with Gasteiger partial charge >= 0.3 is 0 Å². The van der Waals surface area contributed by atoms with Gasteiger partial charge in [-0.2, -0.15) is 5.26 Å². The number of phenolic OH excluding ortho intramolecular Hbond substituents is 1. The molecule has 21 heavy (non-hydrogen) atoms. The number of nitrogens with one attached hydrogen (secondary N) is 2. The minimum Gasteiger partial charge on any atom is -0.506 e. The van der Waals surface area contributed by atoms with Crippen molar-refractivity contribution in [3.05, 3.63) is 41.5 Å². The summed E-state index contributed by atoms with van der Waals surface area (Å²) in [6.45, 7) is 2.16. The lowest BCUT2D eigenvalue weighted by Crippen LogP contribution is -2.09. The second kappa shape index (κ2) is 6.59. The molecule has 0 saturated carbocycles. The van der Waals surface area contributed by atoms with Gasteiger partial charge in [0.15, 0.2) is 5.82 Å². The van der Waals surface area contributed by atoms with E-state index >= 15 is 0 Å².